The van der Waals surface area contributed by atoms with Crippen molar-refractivity contribution in [3.05, 3.63) is 0 Å². The number of rotatable bonds is 3. The second-order valence-corrected chi connectivity index (χ2v) is 7.99. The van der Waals surface area contributed by atoms with Gasteiger partial charge in [-0.2, -0.15) is 0 Å². The van der Waals surface area contributed by atoms with Crippen LogP contribution in [-0.2, 0) is 0 Å². The highest BCUT2D eigenvalue weighted by molar-refractivity contribution is 4.96. The third-order valence-corrected chi connectivity index (χ3v) is 6.37. The Labute approximate surface area is 120 Å². The van der Waals surface area contributed by atoms with Crippen LogP contribution in [0.25, 0.3) is 0 Å². The standard InChI is InChI=1S/C17H34N2/c1-6-17(4,5)14-7-8-15(18)16(9-14)19-10-12(2)13(3)11-19/h12-16H,6-11,18H2,1-5H3. The van der Waals surface area contributed by atoms with Gasteiger partial charge in [0.2, 0.25) is 0 Å². The molecule has 5 atom stereocenters. The molecule has 0 amide bonds. The van der Waals surface area contributed by atoms with Gasteiger partial charge >= 0.3 is 0 Å². The second kappa shape index (κ2) is 5.73. The quantitative estimate of drug-likeness (QED) is 0.847. The van der Waals surface area contributed by atoms with Crippen LogP contribution < -0.4 is 5.73 Å². The van der Waals surface area contributed by atoms with Crippen LogP contribution in [-0.4, -0.2) is 30.1 Å². The van der Waals surface area contributed by atoms with Crippen LogP contribution in [0.2, 0.25) is 0 Å². The van der Waals surface area contributed by atoms with Crippen LogP contribution in [0.5, 0.6) is 0 Å². The van der Waals surface area contributed by atoms with Crippen molar-refractivity contribution in [2.45, 2.75) is 72.4 Å². The van der Waals surface area contributed by atoms with Crippen LogP contribution in [0.4, 0.5) is 0 Å². The van der Waals surface area contributed by atoms with Crippen molar-refractivity contribution in [1.29, 1.82) is 0 Å². The van der Waals surface area contributed by atoms with Crippen molar-refractivity contribution in [2.75, 3.05) is 13.1 Å². The fourth-order valence-corrected chi connectivity index (χ4v) is 4.03. The first kappa shape index (κ1) is 15.3. The molecule has 2 nitrogen and oxygen atoms in total. The van der Waals surface area contributed by atoms with Gasteiger partial charge in [-0.1, -0.05) is 41.0 Å². The fraction of sp³-hybridized carbons (Fsp3) is 1.00. The first-order valence-corrected chi connectivity index (χ1v) is 8.34. The summed E-state index contributed by atoms with van der Waals surface area (Å²) in [6, 6.07) is 1.04. The Kier molecular flexibility index (Phi) is 4.62. The molecular formula is C17H34N2. The molecule has 2 rings (SSSR count). The van der Waals surface area contributed by atoms with Crippen molar-refractivity contribution in [1.82, 2.24) is 4.90 Å². The number of nitrogens with two attached hydrogens (primary N) is 1. The molecule has 1 aliphatic carbocycles. The van der Waals surface area contributed by atoms with Gasteiger partial charge in [-0.3, -0.25) is 4.90 Å². The minimum Gasteiger partial charge on any atom is -0.326 e. The molecule has 112 valence electrons. The van der Waals surface area contributed by atoms with Gasteiger partial charge in [0.05, 0.1) is 0 Å². The summed E-state index contributed by atoms with van der Waals surface area (Å²) in [5, 5.41) is 0. The SMILES string of the molecule is CCC(C)(C)C1CCC(N)C(N2CC(C)C(C)C2)C1. The van der Waals surface area contributed by atoms with E-state index in [9.17, 15) is 0 Å². The summed E-state index contributed by atoms with van der Waals surface area (Å²) in [7, 11) is 0. The third kappa shape index (κ3) is 3.16. The minimum absolute atomic E-state index is 0.404. The lowest BCUT2D eigenvalue weighted by molar-refractivity contribution is 0.0696. The van der Waals surface area contributed by atoms with E-state index in [2.05, 4.69) is 39.5 Å². The summed E-state index contributed by atoms with van der Waals surface area (Å²) >= 11 is 0. The summed E-state index contributed by atoms with van der Waals surface area (Å²) in [6.45, 7) is 14.5. The highest BCUT2D eigenvalue weighted by atomic mass is 15.2. The van der Waals surface area contributed by atoms with Gasteiger partial charge < -0.3 is 5.73 Å². The van der Waals surface area contributed by atoms with Crippen LogP contribution in [0.1, 0.15) is 60.3 Å². The number of hydrogen-bond donors (Lipinski definition) is 1. The molecule has 0 aromatic heterocycles. The normalized spacial score (nSPS) is 41.7. The summed E-state index contributed by atoms with van der Waals surface area (Å²) < 4.78 is 0. The van der Waals surface area contributed by atoms with Gasteiger partial charge in [0.1, 0.15) is 0 Å². The molecule has 1 saturated carbocycles. The average molecular weight is 266 g/mol. The molecule has 0 spiro atoms. The Bertz CT molecular complexity index is 290. The molecule has 1 aliphatic heterocycles. The lowest BCUT2D eigenvalue weighted by atomic mass is 9.67. The molecule has 0 bridgehead atoms. The predicted molar refractivity (Wildman–Crippen MR) is 83.1 cm³/mol. The maximum Gasteiger partial charge on any atom is 0.0250 e. The highest BCUT2D eigenvalue weighted by Gasteiger charge is 2.40. The lowest BCUT2D eigenvalue weighted by Crippen LogP contribution is -2.52. The van der Waals surface area contributed by atoms with Gasteiger partial charge in [0.15, 0.2) is 0 Å². The first-order valence-electron chi connectivity index (χ1n) is 8.34. The third-order valence-electron chi connectivity index (χ3n) is 6.37. The smallest absolute Gasteiger partial charge is 0.0250 e. The van der Waals surface area contributed by atoms with Crippen molar-refractivity contribution >= 4 is 0 Å². The molecular weight excluding hydrogens is 232 g/mol. The van der Waals surface area contributed by atoms with Crippen molar-refractivity contribution < 1.29 is 0 Å². The van der Waals surface area contributed by atoms with Crippen LogP contribution >= 0.6 is 0 Å². The number of likely N-dealkylation sites (tertiary alicyclic amines) is 1. The molecule has 2 N–H and O–H groups in total. The monoisotopic (exact) mass is 266 g/mol. The molecule has 0 radical (unpaired) electrons. The predicted octanol–water partition coefficient (Wildman–Crippen LogP) is 3.51. The molecule has 0 aromatic rings. The number of nitrogens with zero attached hydrogens (tertiary/aromatic N) is 1. The Morgan fingerprint density at radius 2 is 1.68 bits per heavy atom. The van der Waals surface area contributed by atoms with Crippen LogP contribution in [0.3, 0.4) is 0 Å². The van der Waals surface area contributed by atoms with Gasteiger partial charge in [-0.05, 0) is 42.4 Å². The maximum atomic E-state index is 6.45. The van der Waals surface area contributed by atoms with E-state index in [-0.39, 0.29) is 0 Å². The zero-order valence-corrected chi connectivity index (χ0v) is 13.7. The Hall–Kier alpha value is -0.0800. The number of hydrogen-bond acceptors (Lipinski definition) is 2. The summed E-state index contributed by atoms with van der Waals surface area (Å²) in [5.74, 6) is 2.53. The summed E-state index contributed by atoms with van der Waals surface area (Å²) in [5.41, 5.74) is 6.94. The zero-order valence-electron chi connectivity index (χ0n) is 13.7. The van der Waals surface area contributed by atoms with Crippen LogP contribution in [0, 0.1) is 23.2 Å². The summed E-state index contributed by atoms with van der Waals surface area (Å²) in [4.78, 5) is 2.71. The fourth-order valence-electron chi connectivity index (χ4n) is 4.03. The van der Waals surface area contributed by atoms with E-state index in [0.717, 1.165) is 17.8 Å². The van der Waals surface area contributed by atoms with E-state index in [1.165, 1.54) is 38.8 Å². The van der Waals surface area contributed by atoms with Crippen molar-refractivity contribution in [3.63, 3.8) is 0 Å². The topological polar surface area (TPSA) is 29.3 Å². The Morgan fingerprint density at radius 1 is 1.11 bits per heavy atom. The van der Waals surface area contributed by atoms with Gasteiger partial charge in [-0.25, -0.2) is 0 Å². The summed E-state index contributed by atoms with van der Waals surface area (Å²) in [6.07, 6.45) is 5.16. The molecule has 0 aromatic carbocycles. The molecule has 1 saturated heterocycles. The Morgan fingerprint density at radius 3 is 2.21 bits per heavy atom. The first-order chi connectivity index (χ1) is 8.85. The van der Waals surface area contributed by atoms with Gasteiger partial charge in [0, 0.05) is 25.2 Å². The molecule has 2 heteroatoms. The maximum absolute atomic E-state index is 6.45. The van der Waals surface area contributed by atoms with E-state index in [0.29, 0.717) is 17.5 Å². The zero-order chi connectivity index (χ0) is 14.2. The molecule has 2 fully saturated rings. The van der Waals surface area contributed by atoms with E-state index in [4.69, 9.17) is 5.73 Å². The highest BCUT2D eigenvalue weighted by Crippen LogP contribution is 2.42. The van der Waals surface area contributed by atoms with E-state index < -0.39 is 0 Å². The average Bonchev–Trinajstić information content (AvgIpc) is 2.69. The van der Waals surface area contributed by atoms with Crippen molar-refractivity contribution in [3.8, 4) is 0 Å². The van der Waals surface area contributed by atoms with Gasteiger partial charge in [-0.15, -0.1) is 0 Å². The molecule has 2 aliphatic rings. The second-order valence-electron chi connectivity index (χ2n) is 7.99. The minimum atomic E-state index is 0.404. The van der Waals surface area contributed by atoms with E-state index >= 15 is 0 Å². The van der Waals surface area contributed by atoms with Gasteiger partial charge in [0.25, 0.3) is 0 Å². The lowest BCUT2D eigenvalue weighted by Gasteiger charge is -2.45. The van der Waals surface area contributed by atoms with E-state index in [1.54, 1.807) is 0 Å². The van der Waals surface area contributed by atoms with Crippen LogP contribution in [0.15, 0.2) is 0 Å². The molecule has 1 heterocycles. The molecule has 19 heavy (non-hydrogen) atoms. The largest absolute Gasteiger partial charge is 0.326 e. The van der Waals surface area contributed by atoms with E-state index in [1.807, 2.05) is 0 Å². The Balaban J connectivity index is 2.03. The van der Waals surface area contributed by atoms with Crippen molar-refractivity contribution in [2.24, 2.45) is 28.9 Å². The molecule has 5 unspecified atom stereocenters.